The van der Waals surface area contributed by atoms with Crippen molar-refractivity contribution in [1.29, 1.82) is 0 Å². The standard InChI is InChI=1S/C42H27NO.C5H8/c1-2-10-28(11-3-1)29-12-8-13-30(24-29)31-14-9-15-32(25-31)33-20-22-41-37(26-33)38-27-34(21-23-42(38)44-41)43-39-18-6-4-16-35(39)36-17-5-7-19-40(36)43;1-3-5-4-2/h1-27H;3-5H,1H2,2H3/b;5-4-. The Balaban J connectivity index is 0.000000653. The van der Waals surface area contributed by atoms with E-state index < -0.39 is 0 Å². The van der Waals surface area contributed by atoms with Crippen LogP contribution in [0.2, 0.25) is 0 Å². The van der Waals surface area contributed by atoms with Crippen LogP contribution >= 0.6 is 0 Å². The van der Waals surface area contributed by atoms with Crippen LogP contribution in [0.4, 0.5) is 0 Å². The third-order valence-electron chi connectivity index (χ3n) is 9.12. The lowest BCUT2D eigenvalue weighted by Gasteiger charge is -2.09. The van der Waals surface area contributed by atoms with Crippen LogP contribution in [-0.2, 0) is 0 Å². The number of allylic oxidation sites excluding steroid dienone is 3. The number of aromatic nitrogens is 1. The van der Waals surface area contributed by atoms with Gasteiger partial charge in [0.25, 0.3) is 0 Å². The van der Waals surface area contributed by atoms with Gasteiger partial charge in [0.05, 0.1) is 11.0 Å². The van der Waals surface area contributed by atoms with E-state index in [0.717, 1.165) is 27.6 Å². The first kappa shape index (κ1) is 30.0. The molecule has 0 unspecified atom stereocenters. The number of hydrogen-bond acceptors (Lipinski definition) is 1. The van der Waals surface area contributed by atoms with Crippen LogP contribution in [0.5, 0.6) is 0 Å². The highest BCUT2D eigenvalue weighted by molar-refractivity contribution is 6.11. The Hall–Kier alpha value is -6.38. The summed E-state index contributed by atoms with van der Waals surface area (Å²) in [6.45, 7) is 5.42. The van der Waals surface area contributed by atoms with Crippen LogP contribution in [0.1, 0.15) is 6.92 Å². The SMILES string of the molecule is C=C/C=C\C.c1ccc(-c2cccc(-c3cccc(-c4ccc5oc6ccc(-n7c8ccccc8c8ccccc87)cc6c5c4)c3)c2)cc1. The van der Waals surface area contributed by atoms with E-state index in [9.17, 15) is 0 Å². The van der Waals surface area contributed by atoms with Crippen molar-refractivity contribution in [3.8, 4) is 39.1 Å². The number of para-hydroxylation sites is 2. The van der Waals surface area contributed by atoms with Crippen molar-refractivity contribution in [2.45, 2.75) is 6.92 Å². The number of nitrogens with zero attached hydrogens (tertiary/aromatic N) is 1. The average Bonchev–Trinajstić information content (AvgIpc) is 3.71. The molecule has 0 saturated heterocycles. The van der Waals surface area contributed by atoms with Gasteiger partial charge in [0.15, 0.2) is 0 Å². The Morgan fingerprint density at radius 2 is 0.939 bits per heavy atom. The smallest absolute Gasteiger partial charge is 0.135 e. The number of furan rings is 1. The molecule has 49 heavy (non-hydrogen) atoms. The molecule has 0 spiro atoms. The topological polar surface area (TPSA) is 18.1 Å². The average molecular weight is 630 g/mol. The Bertz CT molecular complexity index is 2580. The molecule has 7 aromatic carbocycles. The van der Waals surface area contributed by atoms with Crippen LogP contribution in [-0.4, -0.2) is 4.57 Å². The normalized spacial score (nSPS) is 11.4. The summed E-state index contributed by atoms with van der Waals surface area (Å²) in [6, 6.07) is 58.5. The Morgan fingerprint density at radius 3 is 1.51 bits per heavy atom. The second-order valence-corrected chi connectivity index (χ2v) is 12.2. The molecule has 0 bridgehead atoms. The third-order valence-corrected chi connectivity index (χ3v) is 9.12. The zero-order valence-corrected chi connectivity index (χ0v) is 27.4. The zero-order valence-electron chi connectivity index (χ0n) is 27.4. The predicted molar refractivity (Wildman–Crippen MR) is 209 cm³/mol. The van der Waals surface area contributed by atoms with E-state index in [2.05, 4.69) is 175 Å². The molecule has 0 aliphatic heterocycles. The molecule has 0 aliphatic carbocycles. The molecule has 2 heteroatoms. The summed E-state index contributed by atoms with van der Waals surface area (Å²) in [6.07, 6.45) is 5.58. The van der Waals surface area contributed by atoms with Crippen molar-refractivity contribution in [2.75, 3.05) is 0 Å². The van der Waals surface area contributed by atoms with Gasteiger partial charge in [0.2, 0.25) is 0 Å². The van der Waals surface area contributed by atoms with Gasteiger partial charge >= 0.3 is 0 Å². The van der Waals surface area contributed by atoms with Crippen molar-refractivity contribution in [3.63, 3.8) is 0 Å². The van der Waals surface area contributed by atoms with Crippen molar-refractivity contribution < 1.29 is 4.42 Å². The minimum atomic E-state index is 0.896. The molecule has 9 rings (SSSR count). The largest absolute Gasteiger partial charge is 0.456 e. The Labute approximate surface area is 286 Å². The van der Waals surface area contributed by atoms with Crippen LogP contribution in [0, 0.1) is 0 Å². The fourth-order valence-electron chi connectivity index (χ4n) is 6.81. The summed E-state index contributed by atoms with van der Waals surface area (Å²) in [5, 5.41) is 4.76. The highest BCUT2D eigenvalue weighted by Crippen LogP contribution is 2.37. The van der Waals surface area contributed by atoms with Gasteiger partial charge in [0, 0.05) is 27.2 Å². The van der Waals surface area contributed by atoms with Crippen LogP contribution in [0.3, 0.4) is 0 Å². The van der Waals surface area contributed by atoms with Gasteiger partial charge in [-0.2, -0.15) is 0 Å². The van der Waals surface area contributed by atoms with Crippen molar-refractivity contribution in [1.82, 2.24) is 4.57 Å². The van der Waals surface area contributed by atoms with Crippen molar-refractivity contribution in [3.05, 3.63) is 189 Å². The van der Waals surface area contributed by atoms with Gasteiger partial charge in [-0.3, -0.25) is 0 Å². The molecule has 0 fully saturated rings. The van der Waals surface area contributed by atoms with E-state index in [-0.39, 0.29) is 0 Å². The molecule has 0 saturated carbocycles. The van der Waals surface area contributed by atoms with Crippen molar-refractivity contribution in [2.24, 2.45) is 0 Å². The van der Waals surface area contributed by atoms with Gasteiger partial charge in [-0.15, -0.1) is 0 Å². The quantitative estimate of drug-likeness (QED) is 0.173. The molecule has 0 radical (unpaired) electrons. The summed E-state index contributed by atoms with van der Waals surface area (Å²) in [5.74, 6) is 0. The van der Waals surface area contributed by atoms with Crippen LogP contribution in [0.15, 0.2) is 193 Å². The summed E-state index contributed by atoms with van der Waals surface area (Å²) in [5.41, 5.74) is 12.5. The first-order valence-corrected chi connectivity index (χ1v) is 16.7. The minimum Gasteiger partial charge on any atom is -0.456 e. The van der Waals surface area contributed by atoms with Crippen molar-refractivity contribution >= 4 is 43.7 Å². The lowest BCUT2D eigenvalue weighted by Crippen LogP contribution is -1.93. The maximum atomic E-state index is 6.33. The zero-order chi connectivity index (χ0) is 33.2. The molecule has 0 atom stereocenters. The van der Waals surface area contributed by atoms with Gasteiger partial charge in [0.1, 0.15) is 11.2 Å². The fraction of sp³-hybridized carbons (Fsp3) is 0.0213. The number of rotatable bonds is 5. The molecule has 0 N–H and O–H groups in total. The predicted octanol–water partition coefficient (Wildman–Crippen LogP) is 13.4. The maximum Gasteiger partial charge on any atom is 0.135 e. The highest BCUT2D eigenvalue weighted by Gasteiger charge is 2.15. The lowest BCUT2D eigenvalue weighted by atomic mass is 9.96. The van der Waals surface area contributed by atoms with E-state index in [1.165, 1.54) is 55.2 Å². The number of fused-ring (bicyclic) bond motifs is 6. The Morgan fingerprint density at radius 1 is 0.449 bits per heavy atom. The van der Waals surface area contributed by atoms with E-state index >= 15 is 0 Å². The summed E-state index contributed by atoms with van der Waals surface area (Å²) < 4.78 is 8.69. The minimum absolute atomic E-state index is 0.896. The first-order chi connectivity index (χ1) is 24.2. The number of hydrogen-bond donors (Lipinski definition) is 0. The Kier molecular flexibility index (Phi) is 7.97. The first-order valence-electron chi connectivity index (χ1n) is 16.7. The summed E-state index contributed by atoms with van der Waals surface area (Å²) >= 11 is 0. The maximum absolute atomic E-state index is 6.33. The molecule has 0 amide bonds. The molecule has 234 valence electrons. The van der Waals surface area contributed by atoms with E-state index in [1.54, 1.807) is 6.08 Å². The van der Waals surface area contributed by atoms with E-state index in [1.807, 2.05) is 19.1 Å². The highest BCUT2D eigenvalue weighted by atomic mass is 16.3. The molecule has 2 aromatic heterocycles. The monoisotopic (exact) mass is 629 g/mol. The van der Waals surface area contributed by atoms with Gasteiger partial charge < -0.3 is 8.98 Å². The summed E-state index contributed by atoms with van der Waals surface area (Å²) in [4.78, 5) is 0. The van der Waals surface area contributed by atoms with Crippen LogP contribution in [0.25, 0.3) is 82.8 Å². The van der Waals surface area contributed by atoms with E-state index in [4.69, 9.17) is 4.42 Å². The lowest BCUT2D eigenvalue weighted by molar-refractivity contribution is 0.669. The molecule has 0 aliphatic rings. The second kappa shape index (κ2) is 13.0. The molecular formula is C47H35NO. The molecule has 9 aromatic rings. The molecular weight excluding hydrogens is 595 g/mol. The van der Waals surface area contributed by atoms with Gasteiger partial charge in [-0.05, 0) is 94.9 Å². The van der Waals surface area contributed by atoms with Gasteiger partial charge in [-0.25, -0.2) is 0 Å². The number of benzene rings is 7. The van der Waals surface area contributed by atoms with Gasteiger partial charge in [-0.1, -0.05) is 134 Å². The second-order valence-electron chi connectivity index (χ2n) is 12.2. The van der Waals surface area contributed by atoms with Crippen LogP contribution < -0.4 is 0 Å². The fourth-order valence-corrected chi connectivity index (χ4v) is 6.81. The molecule has 2 nitrogen and oxygen atoms in total. The third kappa shape index (κ3) is 5.64. The summed E-state index contributed by atoms with van der Waals surface area (Å²) in [7, 11) is 0. The molecule has 2 heterocycles. The van der Waals surface area contributed by atoms with E-state index in [0.29, 0.717) is 0 Å².